The van der Waals surface area contributed by atoms with Gasteiger partial charge in [0.15, 0.2) is 5.75 Å². The number of hydrogen-bond acceptors (Lipinski definition) is 4. The minimum atomic E-state index is 0.587. The summed E-state index contributed by atoms with van der Waals surface area (Å²) >= 11 is 0. The smallest absolute Gasteiger partial charge is 0.177 e. The Kier molecular flexibility index (Phi) is 3.11. The monoisotopic (exact) mass is 182 g/mol. The molecule has 1 aliphatic heterocycles. The highest BCUT2D eigenvalue weighted by Gasteiger charge is 2.17. The second kappa shape index (κ2) is 4.11. The summed E-state index contributed by atoms with van der Waals surface area (Å²) < 4.78 is 0. The van der Waals surface area contributed by atoms with Gasteiger partial charge in [-0.1, -0.05) is 19.9 Å². The van der Waals surface area contributed by atoms with Crippen LogP contribution in [0.25, 0.3) is 0 Å². The number of fused-ring (bicyclic) bond motifs is 1. The Balaban J connectivity index is 0.000000396. The summed E-state index contributed by atoms with van der Waals surface area (Å²) in [6, 6.07) is 5.61. The van der Waals surface area contributed by atoms with Gasteiger partial charge in [0.25, 0.3) is 0 Å². The standard InChI is InChI=1S/C7H8N2O2.C2H6/c1-5-2-3-7-6(4-5)8-9(10)11-7;1-2/h2-4,8,10H,1H3;1-2H3. The molecule has 0 amide bonds. The third-order valence-electron chi connectivity index (χ3n) is 1.54. The molecule has 0 unspecified atom stereocenters. The van der Waals surface area contributed by atoms with Crippen LogP contribution in [-0.2, 0) is 0 Å². The number of nitrogens with one attached hydrogen (secondary N) is 1. The van der Waals surface area contributed by atoms with Gasteiger partial charge in [-0.3, -0.25) is 10.6 Å². The van der Waals surface area contributed by atoms with Crippen molar-refractivity contribution < 1.29 is 10.0 Å². The van der Waals surface area contributed by atoms with Crippen LogP contribution in [0.1, 0.15) is 19.4 Å². The lowest BCUT2D eigenvalue weighted by atomic mass is 10.2. The molecule has 0 aromatic heterocycles. The van der Waals surface area contributed by atoms with Gasteiger partial charge >= 0.3 is 0 Å². The van der Waals surface area contributed by atoms with E-state index in [0.717, 1.165) is 11.3 Å². The SMILES string of the molecule is CC.Cc1ccc2c(c1)NN(O)O2. The maximum atomic E-state index is 8.84. The number of hydrogen-bond donors (Lipinski definition) is 2. The molecule has 1 heterocycles. The first-order valence-corrected chi connectivity index (χ1v) is 4.30. The average molecular weight is 182 g/mol. The zero-order valence-corrected chi connectivity index (χ0v) is 8.03. The van der Waals surface area contributed by atoms with E-state index in [1.54, 1.807) is 6.07 Å². The van der Waals surface area contributed by atoms with Crippen molar-refractivity contribution in [2.75, 3.05) is 5.43 Å². The van der Waals surface area contributed by atoms with Crippen molar-refractivity contribution in [2.24, 2.45) is 0 Å². The van der Waals surface area contributed by atoms with Gasteiger partial charge in [0.2, 0.25) is 0 Å². The molecule has 13 heavy (non-hydrogen) atoms. The van der Waals surface area contributed by atoms with E-state index < -0.39 is 0 Å². The highest BCUT2D eigenvalue weighted by Crippen LogP contribution is 2.30. The molecule has 2 rings (SSSR count). The number of anilines is 1. The molecule has 0 saturated carbocycles. The van der Waals surface area contributed by atoms with Gasteiger partial charge in [0.1, 0.15) is 0 Å². The molecule has 72 valence electrons. The van der Waals surface area contributed by atoms with E-state index in [1.165, 1.54) is 0 Å². The van der Waals surface area contributed by atoms with Gasteiger partial charge in [-0.05, 0) is 24.6 Å². The van der Waals surface area contributed by atoms with Crippen molar-refractivity contribution in [3.05, 3.63) is 23.8 Å². The highest BCUT2D eigenvalue weighted by atomic mass is 16.9. The zero-order valence-electron chi connectivity index (χ0n) is 8.03. The fourth-order valence-corrected chi connectivity index (χ4v) is 1.03. The lowest BCUT2D eigenvalue weighted by Crippen LogP contribution is -2.22. The lowest BCUT2D eigenvalue weighted by molar-refractivity contribution is -0.251. The van der Waals surface area contributed by atoms with Crippen molar-refractivity contribution in [3.63, 3.8) is 0 Å². The first kappa shape index (κ1) is 9.83. The van der Waals surface area contributed by atoms with Crippen LogP contribution < -0.4 is 10.3 Å². The molecule has 2 N–H and O–H groups in total. The van der Waals surface area contributed by atoms with Crippen LogP contribution in [0.15, 0.2) is 18.2 Å². The van der Waals surface area contributed by atoms with Gasteiger partial charge in [0.05, 0.1) is 11.0 Å². The Hall–Kier alpha value is -1.26. The topological polar surface area (TPSA) is 44.7 Å². The van der Waals surface area contributed by atoms with E-state index >= 15 is 0 Å². The molecule has 1 aliphatic rings. The van der Waals surface area contributed by atoms with E-state index in [1.807, 2.05) is 32.9 Å². The molecule has 0 saturated heterocycles. The predicted octanol–water partition coefficient (Wildman–Crippen LogP) is 2.35. The molecule has 4 nitrogen and oxygen atoms in total. The van der Waals surface area contributed by atoms with Gasteiger partial charge < -0.3 is 4.84 Å². The van der Waals surface area contributed by atoms with Gasteiger partial charge in [-0.15, -0.1) is 0 Å². The predicted molar refractivity (Wildman–Crippen MR) is 50.4 cm³/mol. The summed E-state index contributed by atoms with van der Waals surface area (Å²) in [6.45, 7) is 5.97. The number of hydrazine groups is 1. The molecule has 0 fully saturated rings. The maximum Gasteiger partial charge on any atom is 0.177 e. The minimum Gasteiger partial charge on any atom is -0.360 e. The fraction of sp³-hybridized carbons (Fsp3) is 0.333. The Labute approximate surface area is 77.6 Å². The Morgan fingerprint density at radius 3 is 2.77 bits per heavy atom. The van der Waals surface area contributed by atoms with E-state index in [4.69, 9.17) is 10.0 Å². The summed E-state index contributed by atoms with van der Waals surface area (Å²) in [5.74, 6) is 0.637. The summed E-state index contributed by atoms with van der Waals surface area (Å²) in [7, 11) is 0. The molecule has 4 heteroatoms. The number of aryl methyl sites for hydroxylation is 1. The van der Waals surface area contributed by atoms with Crippen LogP contribution in [0, 0.1) is 6.92 Å². The lowest BCUT2D eigenvalue weighted by Gasteiger charge is -2.01. The molecular formula is C9H14N2O2. The molecule has 0 radical (unpaired) electrons. The molecule has 1 aromatic carbocycles. The van der Waals surface area contributed by atoms with E-state index in [2.05, 4.69) is 5.43 Å². The zero-order chi connectivity index (χ0) is 9.84. The largest absolute Gasteiger partial charge is 0.360 e. The highest BCUT2D eigenvalue weighted by molar-refractivity contribution is 5.58. The van der Waals surface area contributed by atoms with Crippen LogP contribution >= 0.6 is 0 Å². The third-order valence-corrected chi connectivity index (χ3v) is 1.54. The first-order valence-electron chi connectivity index (χ1n) is 4.30. The first-order chi connectivity index (χ1) is 6.25. The van der Waals surface area contributed by atoms with Crippen molar-refractivity contribution in [3.8, 4) is 5.75 Å². The van der Waals surface area contributed by atoms with Crippen molar-refractivity contribution in [1.82, 2.24) is 5.34 Å². The maximum absolute atomic E-state index is 8.84. The fourth-order valence-electron chi connectivity index (χ4n) is 1.03. The van der Waals surface area contributed by atoms with E-state index in [0.29, 0.717) is 11.1 Å². The van der Waals surface area contributed by atoms with Gasteiger partial charge in [-0.2, -0.15) is 0 Å². The number of nitrogens with zero attached hydrogens (tertiary/aromatic N) is 1. The van der Waals surface area contributed by atoms with Crippen LogP contribution in [-0.4, -0.2) is 10.5 Å². The summed E-state index contributed by atoms with van der Waals surface area (Å²) in [4.78, 5) is 4.84. The Morgan fingerprint density at radius 1 is 1.38 bits per heavy atom. The normalized spacial score (nSPS) is 13.5. The van der Waals surface area contributed by atoms with Crippen LogP contribution in [0.4, 0.5) is 5.69 Å². The van der Waals surface area contributed by atoms with Crippen molar-refractivity contribution >= 4 is 5.69 Å². The Bertz CT molecular complexity index is 289. The molecule has 0 aliphatic carbocycles. The minimum absolute atomic E-state index is 0.587. The van der Waals surface area contributed by atoms with Crippen LogP contribution in [0.2, 0.25) is 0 Å². The summed E-state index contributed by atoms with van der Waals surface area (Å²) in [5.41, 5.74) is 4.51. The molecule has 1 aromatic rings. The van der Waals surface area contributed by atoms with E-state index in [-0.39, 0.29) is 0 Å². The number of rotatable bonds is 0. The van der Waals surface area contributed by atoms with Crippen molar-refractivity contribution in [2.45, 2.75) is 20.8 Å². The van der Waals surface area contributed by atoms with Gasteiger partial charge in [0, 0.05) is 0 Å². The second-order valence-corrected chi connectivity index (χ2v) is 2.48. The molecule has 0 spiro atoms. The van der Waals surface area contributed by atoms with Crippen LogP contribution in [0.5, 0.6) is 5.75 Å². The molecular weight excluding hydrogens is 168 g/mol. The van der Waals surface area contributed by atoms with E-state index in [9.17, 15) is 0 Å². The number of benzene rings is 1. The van der Waals surface area contributed by atoms with Crippen LogP contribution in [0.3, 0.4) is 0 Å². The summed E-state index contributed by atoms with van der Waals surface area (Å²) in [5, 5.41) is 9.43. The summed E-state index contributed by atoms with van der Waals surface area (Å²) in [6.07, 6.45) is 0. The average Bonchev–Trinajstić information content (AvgIpc) is 2.48. The third kappa shape index (κ3) is 2.11. The molecule has 0 atom stereocenters. The second-order valence-electron chi connectivity index (χ2n) is 2.48. The Morgan fingerprint density at radius 2 is 2.08 bits per heavy atom. The van der Waals surface area contributed by atoms with Crippen molar-refractivity contribution in [1.29, 1.82) is 0 Å². The van der Waals surface area contributed by atoms with Gasteiger partial charge in [-0.25, -0.2) is 0 Å². The quantitative estimate of drug-likeness (QED) is 0.646. The molecule has 0 bridgehead atoms.